The molecule has 0 aliphatic carbocycles. The topological polar surface area (TPSA) is 51.5 Å². The van der Waals surface area contributed by atoms with Gasteiger partial charge in [-0.25, -0.2) is 9.37 Å². The number of fused-ring (bicyclic) bond motifs is 1. The van der Waals surface area contributed by atoms with Gasteiger partial charge in [-0.2, -0.15) is 0 Å². The Labute approximate surface area is 166 Å². The quantitative estimate of drug-likeness (QED) is 0.327. The summed E-state index contributed by atoms with van der Waals surface area (Å²) in [4.78, 5) is 8.94. The number of aliphatic imine (C=N–C) groups is 1. The minimum Gasteiger partial charge on any atom is -0.455 e. The lowest BCUT2D eigenvalue weighted by atomic mass is 10.2. The fourth-order valence-corrected chi connectivity index (χ4v) is 3.02. The first-order valence-corrected chi connectivity index (χ1v) is 9.10. The number of furan rings is 1. The van der Waals surface area contributed by atoms with Gasteiger partial charge in [-0.1, -0.05) is 12.1 Å². The summed E-state index contributed by atoms with van der Waals surface area (Å²) in [6, 6.07) is 25.1. The molecule has 3 aromatic carbocycles. The minimum atomic E-state index is -0.275. The smallest absolute Gasteiger partial charge is 0.227 e. The van der Waals surface area contributed by atoms with Crippen molar-refractivity contribution in [3.05, 3.63) is 96.5 Å². The van der Waals surface area contributed by atoms with E-state index in [0.29, 0.717) is 17.4 Å². The summed E-state index contributed by atoms with van der Waals surface area (Å²) in [6.45, 7) is 0. The van der Waals surface area contributed by atoms with Crippen LogP contribution in [0.5, 0.6) is 0 Å². The molecule has 0 spiro atoms. The summed E-state index contributed by atoms with van der Waals surface area (Å²) >= 11 is 0. The van der Waals surface area contributed by atoms with Gasteiger partial charge in [0.15, 0.2) is 5.58 Å². The summed E-state index contributed by atoms with van der Waals surface area (Å²) in [5, 5.41) is 0. The van der Waals surface area contributed by atoms with E-state index < -0.39 is 0 Å². The first kappa shape index (κ1) is 17.1. The predicted octanol–water partition coefficient (Wildman–Crippen LogP) is 6.64. The van der Waals surface area contributed by atoms with Crippen LogP contribution in [0.1, 0.15) is 5.76 Å². The molecule has 5 heteroatoms. The van der Waals surface area contributed by atoms with Crippen molar-refractivity contribution in [1.29, 1.82) is 0 Å². The SMILES string of the molecule is Fc1ccc(-c2ccc(C=Nc3ccc(-c4nc5ccccc5o4)cc3)o2)cc1. The number of aromatic nitrogens is 1. The maximum absolute atomic E-state index is 13.0. The van der Waals surface area contributed by atoms with Gasteiger partial charge in [0.1, 0.15) is 22.9 Å². The first-order chi connectivity index (χ1) is 14.2. The number of nitrogens with zero attached hydrogens (tertiary/aromatic N) is 2. The number of para-hydroxylation sites is 2. The summed E-state index contributed by atoms with van der Waals surface area (Å²) in [6.07, 6.45) is 1.65. The molecule has 5 rings (SSSR count). The third kappa shape index (κ3) is 3.58. The molecule has 2 aromatic heterocycles. The van der Waals surface area contributed by atoms with Gasteiger partial charge in [-0.05, 0) is 72.8 Å². The lowest BCUT2D eigenvalue weighted by Gasteiger charge is -1.97. The summed E-state index contributed by atoms with van der Waals surface area (Å²) in [5.74, 6) is 1.59. The van der Waals surface area contributed by atoms with Gasteiger partial charge >= 0.3 is 0 Å². The second-order valence-corrected chi connectivity index (χ2v) is 6.50. The van der Waals surface area contributed by atoms with Crippen LogP contribution in [-0.2, 0) is 0 Å². The zero-order chi connectivity index (χ0) is 19.6. The number of halogens is 1. The Morgan fingerprint density at radius 2 is 1.52 bits per heavy atom. The molecule has 29 heavy (non-hydrogen) atoms. The average molecular weight is 382 g/mol. The molecule has 0 amide bonds. The molecule has 0 unspecified atom stereocenters. The van der Waals surface area contributed by atoms with Gasteiger partial charge in [0, 0.05) is 11.1 Å². The Kier molecular flexibility index (Phi) is 4.26. The molecule has 0 atom stereocenters. The fraction of sp³-hybridized carbons (Fsp3) is 0. The molecule has 0 aliphatic rings. The van der Waals surface area contributed by atoms with Crippen LogP contribution in [0.25, 0.3) is 33.9 Å². The highest BCUT2D eigenvalue weighted by molar-refractivity contribution is 5.80. The minimum absolute atomic E-state index is 0.275. The molecule has 0 radical (unpaired) electrons. The van der Waals surface area contributed by atoms with Gasteiger partial charge in [0.25, 0.3) is 0 Å². The molecule has 0 saturated heterocycles. The zero-order valence-electron chi connectivity index (χ0n) is 15.2. The Bertz CT molecular complexity index is 1270. The molecule has 0 N–H and O–H groups in total. The predicted molar refractivity (Wildman–Crippen MR) is 111 cm³/mol. The highest BCUT2D eigenvalue weighted by Gasteiger charge is 2.07. The third-order valence-corrected chi connectivity index (χ3v) is 4.50. The van der Waals surface area contributed by atoms with Gasteiger partial charge in [-0.3, -0.25) is 4.99 Å². The van der Waals surface area contributed by atoms with Crippen molar-refractivity contribution in [3.8, 4) is 22.8 Å². The van der Waals surface area contributed by atoms with E-state index in [4.69, 9.17) is 8.83 Å². The van der Waals surface area contributed by atoms with Crippen LogP contribution in [0.2, 0.25) is 0 Å². The lowest BCUT2D eigenvalue weighted by Crippen LogP contribution is -1.78. The zero-order valence-corrected chi connectivity index (χ0v) is 15.2. The first-order valence-electron chi connectivity index (χ1n) is 9.10. The molecule has 0 fully saturated rings. The van der Waals surface area contributed by atoms with E-state index in [1.54, 1.807) is 18.3 Å². The molecule has 4 nitrogen and oxygen atoms in total. The van der Waals surface area contributed by atoms with Crippen molar-refractivity contribution in [2.24, 2.45) is 4.99 Å². The number of hydrogen-bond acceptors (Lipinski definition) is 4. The Morgan fingerprint density at radius 1 is 0.759 bits per heavy atom. The third-order valence-electron chi connectivity index (χ3n) is 4.50. The van der Waals surface area contributed by atoms with Crippen molar-refractivity contribution in [3.63, 3.8) is 0 Å². The van der Waals surface area contributed by atoms with Crippen LogP contribution in [0.4, 0.5) is 10.1 Å². The normalized spacial score (nSPS) is 11.5. The molecule has 0 bridgehead atoms. The van der Waals surface area contributed by atoms with E-state index in [1.807, 2.05) is 60.7 Å². The maximum Gasteiger partial charge on any atom is 0.227 e. The standard InChI is InChI=1S/C24H15FN2O2/c25-18-9-5-16(6-10-18)22-14-13-20(28-22)15-26-19-11-7-17(8-12-19)24-27-21-3-1-2-4-23(21)29-24/h1-15H. The van der Waals surface area contributed by atoms with Crippen LogP contribution >= 0.6 is 0 Å². The van der Waals surface area contributed by atoms with Crippen molar-refractivity contribution in [2.45, 2.75) is 0 Å². The lowest BCUT2D eigenvalue weighted by molar-refractivity contribution is 0.574. The molecule has 2 heterocycles. The van der Waals surface area contributed by atoms with Crippen LogP contribution in [0.3, 0.4) is 0 Å². The highest BCUT2D eigenvalue weighted by Crippen LogP contribution is 2.26. The largest absolute Gasteiger partial charge is 0.455 e. The van der Waals surface area contributed by atoms with Gasteiger partial charge in [-0.15, -0.1) is 0 Å². The Hall–Kier alpha value is -3.99. The van der Waals surface area contributed by atoms with Gasteiger partial charge < -0.3 is 8.83 Å². The Morgan fingerprint density at radius 3 is 2.31 bits per heavy atom. The molecule has 140 valence electrons. The van der Waals surface area contributed by atoms with E-state index in [0.717, 1.165) is 27.9 Å². The van der Waals surface area contributed by atoms with E-state index in [2.05, 4.69) is 9.98 Å². The van der Waals surface area contributed by atoms with Crippen LogP contribution in [0, 0.1) is 5.82 Å². The maximum atomic E-state index is 13.0. The van der Waals surface area contributed by atoms with E-state index >= 15 is 0 Å². The Balaban J connectivity index is 1.33. The van der Waals surface area contributed by atoms with Crippen LogP contribution in [0.15, 0.2) is 98.8 Å². The highest BCUT2D eigenvalue weighted by atomic mass is 19.1. The molecule has 0 saturated carbocycles. The average Bonchev–Trinajstić information content (AvgIpc) is 3.40. The summed E-state index contributed by atoms with van der Waals surface area (Å²) < 4.78 is 24.6. The molecule has 0 aliphatic heterocycles. The summed E-state index contributed by atoms with van der Waals surface area (Å²) in [5.41, 5.74) is 4.08. The van der Waals surface area contributed by atoms with Crippen LogP contribution < -0.4 is 0 Å². The molecular formula is C24H15FN2O2. The second-order valence-electron chi connectivity index (χ2n) is 6.50. The number of oxazole rings is 1. The number of hydrogen-bond donors (Lipinski definition) is 0. The van der Waals surface area contributed by atoms with E-state index in [9.17, 15) is 4.39 Å². The van der Waals surface area contributed by atoms with E-state index in [-0.39, 0.29) is 5.82 Å². The number of benzene rings is 3. The van der Waals surface area contributed by atoms with Crippen molar-refractivity contribution < 1.29 is 13.2 Å². The second kappa shape index (κ2) is 7.20. The van der Waals surface area contributed by atoms with Gasteiger partial charge in [0.05, 0.1) is 11.9 Å². The number of rotatable bonds is 4. The molecule has 5 aromatic rings. The monoisotopic (exact) mass is 382 g/mol. The van der Waals surface area contributed by atoms with E-state index in [1.165, 1.54) is 12.1 Å². The van der Waals surface area contributed by atoms with Crippen molar-refractivity contribution in [2.75, 3.05) is 0 Å². The van der Waals surface area contributed by atoms with Crippen LogP contribution in [-0.4, -0.2) is 11.2 Å². The van der Waals surface area contributed by atoms with Gasteiger partial charge in [0.2, 0.25) is 5.89 Å². The van der Waals surface area contributed by atoms with Crippen molar-refractivity contribution in [1.82, 2.24) is 4.98 Å². The fourth-order valence-electron chi connectivity index (χ4n) is 3.02. The summed E-state index contributed by atoms with van der Waals surface area (Å²) in [7, 11) is 0. The molecular weight excluding hydrogens is 367 g/mol. The van der Waals surface area contributed by atoms with Crippen molar-refractivity contribution >= 4 is 23.0 Å².